The molecule has 49 heavy (non-hydrogen) atoms. The molecule has 0 fully saturated rings. The van der Waals surface area contributed by atoms with Crippen LogP contribution in [0.25, 0.3) is 16.7 Å². The molecule has 4 aromatic carbocycles. The van der Waals surface area contributed by atoms with Crippen LogP contribution in [0.15, 0.2) is 78.5 Å². The van der Waals surface area contributed by atoms with E-state index >= 15 is 0 Å². The molecule has 0 bridgehead atoms. The highest BCUT2D eigenvalue weighted by Gasteiger charge is 2.44. The third-order valence-corrected chi connectivity index (χ3v) is 8.84. The van der Waals surface area contributed by atoms with Crippen molar-refractivity contribution in [2.24, 2.45) is 0 Å². The predicted molar refractivity (Wildman–Crippen MR) is 185 cm³/mol. The number of ether oxygens (including phenoxy) is 7. The summed E-state index contributed by atoms with van der Waals surface area (Å²) in [4.78, 5) is 31.3. The minimum atomic E-state index is -0.280. The van der Waals surface area contributed by atoms with Gasteiger partial charge in [0, 0.05) is 17.7 Å². The van der Waals surface area contributed by atoms with Crippen LogP contribution in [-0.4, -0.2) is 72.9 Å². The van der Waals surface area contributed by atoms with Crippen molar-refractivity contribution in [2.45, 2.75) is 6.42 Å². The monoisotopic (exact) mass is 663 g/mol. The van der Waals surface area contributed by atoms with Crippen LogP contribution in [0.1, 0.15) is 32.6 Å². The first kappa shape index (κ1) is 33.0. The van der Waals surface area contributed by atoms with Gasteiger partial charge in [0.2, 0.25) is 0 Å². The fourth-order valence-electron chi connectivity index (χ4n) is 6.40. The summed E-state index contributed by atoms with van der Waals surface area (Å²) in [5.74, 6) is 2.93. The third kappa shape index (κ3) is 5.69. The normalized spacial score (nSPS) is 13.7. The van der Waals surface area contributed by atoms with Crippen molar-refractivity contribution in [1.29, 1.82) is 0 Å². The van der Waals surface area contributed by atoms with Crippen molar-refractivity contribution in [1.82, 2.24) is 4.90 Å². The second-order valence-corrected chi connectivity index (χ2v) is 11.2. The van der Waals surface area contributed by atoms with Crippen LogP contribution < -0.4 is 33.2 Å². The average molecular weight is 664 g/mol. The summed E-state index contributed by atoms with van der Waals surface area (Å²) >= 11 is 0. The minimum absolute atomic E-state index is 0.265. The fourth-order valence-corrected chi connectivity index (χ4v) is 6.40. The van der Waals surface area contributed by atoms with Gasteiger partial charge < -0.3 is 38.1 Å². The average Bonchev–Trinajstić information content (AvgIpc) is 3.43. The molecule has 4 aromatic rings. The van der Waals surface area contributed by atoms with Crippen molar-refractivity contribution < 1.29 is 42.7 Å². The van der Waals surface area contributed by atoms with Gasteiger partial charge in [-0.2, -0.15) is 0 Å². The number of ketones is 1. The van der Waals surface area contributed by atoms with E-state index in [0.29, 0.717) is 85.6 Å². The zero-order valence-corrected chi connectivity index (χ0v) is 28.5. The molecule has 1 aliphatic heterocycles. The van der Waals surface area contributed by atoms with E-state index in [1.165, 1.54) is 21.3 Å². The molecule has 10 nitrogen and oxygen atoms in total. The SMILES string of the molecule is COc1ccc(CCN2C(=O)C(c3ccc(OC)c(OC)c3)=C3C2=C(c2ccc(OC)c(OC)c2)C(=O)c2cc(OC)c(OC)cc23)cc1. The molecule has 0 atom stereocenters. The zero-order chi connectivity index (χ0) is 34.8. The van der Waals surface area contributed by atoms with E-state index in [-0.39, 0.29) is 18.2 Å². The molecule has 1 heterocycles. The quantitative estimate of drug-likeness (QED) is 0.172. The zero-order valence-electron chi connectivity index (χ0n) is 28.5. The number of methoxy groups -OCH3 is 7. The highest BCUT2D eigenvalue weighted by Crippen LogP contribution is 2.52. The van der Waals surface area contributed by atoms with Crippen molar-refractivity contribution in [3.05, 3.63) is 106 Å². The second-order valence-electron chi connectivity index (χ2n) is 11.2. The van der Waals surface area contributed by atoms with Crippen LogP contribution in [0.2, 0.25) is 0 Å². The summed E-state index contributed by atoms with van der Waals surface area (Å²) in [5, 5.41) is 0. The van der Waals surface area contributed by atoms with Gasteiger partial charge in [0.05, 0.1) is 66.6 Å². The Balaban J connectivity index is 1.66. The molecule has 1 aliphatic carbocycles. The number of amides is 1. The van der Waals surface area contributed by atoms with Crippen LogP contribution >= 0.6 is 0 Å². The Bertz CT molecular complexity index is 2010. The maximum Gasteiger partial charge on any atom is 0.259 e. The minimum Gasteiger partial charge on any atom is -0.497 e. The molecule has 0 N–H and O–H groups in total. The number of hydrogen-bond donors (Lipinski definition) is 0. The molecule has 0 saturated heterocycles. The lowest BCUT2D eigenvalue weighted by molar-refractivity contribution is -0.122. The van der Waals surface area contributed by atoms with Gasteiger partial charge in [-0.05, 0) is 77.2 Å². The van der Waals surface area contributed by atoms with Gasteiger partial charge in [-0.3, -0.25) is 9.59 Å². The Morgan fingerprint density at radius 2 is 0.980 bits per heavy atom. The summed E-state index contributed by atoms with van der Waals surface area (Å²) in [6.45, 7) is 0.285. The maximum atomic E-state index is 14.9. The molecule has 1 amide bonds. The Morgan fingerprint density at radius 1 is 0.490 bits per heavy atom. The second kappa shape index (κ2) is 13.7. The Morgan fingerprint density at radius 3 is 1.49 bits per heavy atom. The molecule has 10 heteroatoms. The topological polar surface area (TPSA) is 102 Å². The molecule has 6 rings (SSSR count). The van der Waals surface area contributed by atoms with Gasteiger partial charge >= 0.3 is 0 Å². The highest BCUT2D eigenvalue weighted by molar-refractivity contribution is 6.43. The van der Waals surface area contributed by atoms with Gasteiger partial charge in [0.25, 0.3) is 5.91 Å². The van der Waals surface area contributed by atoms with Crippen LogP contribution in [0.4, 0.5) is 0 Å². The summed E-state index contributed by atoms with van der Waals surface area (Å²) < 4.78 is 38.9. The number of carbonyl (C=O) groups is 2. The molecule has 0 spiro atoms. The standard InChI is InChI=1S/C39H37NO9/c1-43-25-12-8-22(9-13-25)16-17-40-37-35(24-11-15-29(45-3)31(19-24)47-5)38(41)27-21-33(49-7)32(48-6)20-26(27)36(37)34(39(40)42)23-10-14-28(44-2)30(18-23)46-4/h8-15,18-21H,16-17H2,1-7H3. The Hall–Kier alpha value is -5.90. The summed E-state index contributed by atoms with van der Waals surface area (Å²) in [6.07, 6.45) is 0.512. The number of nitrogens with zero attached hydrogens (tertiary/aromatic N) is 1. The largest absolute Gasteiger partial charge is 0.497 e. The predicted octanol–water partition coefficient (Wildman–Crippen LogP) is 6.35. The molecular formula is C39H37NO9. The lowest BCUT2D eigenvalue weighted by Gasteiger charge is -2.28. The van der Waals surface area contributed by atoms with Crippen LogP contribution in [-0.2, 0) is 11.2 Å². The highest BCUT2D eigenvalue weighted by atomic mass is 16.5. The van der Waals surface area contributed by atoms with E-state index in [1.54, 1.807) is 75.8 Å². The van der Waals surface area contributed by atoms with E-state index < -0.39 is 0 Å². The number of rotatable bonds is 12. The Kier molecular flexibility index (Phi) is 9.22. The molecule has 0 saturated carbocycles. The summed E-state index contributed by atoms with van der Waals surface area (Å²) in [5.41, 5.74) is 4.90. The first-order valence-corrected chi connectivity index (χ1v) is 15.5. The van der Waals surface area contributed by atoms with Gasteiger partial charge in [-0.25, -0.2) is 0 Å². The summed E-state index contributed by atoms with van der Waals surface area (Å²) in [6, 6.07) is 21.8. The van der Waals surface area contributed by atoms with Gasteiger partial charge in [0.1, 0.15) is 5.75 Å². The first-order valence-electron chi connectivity index (χ1n) is 15.5. The smallest absolute Gasteiger partial charge is 0.259 e. The van der Waals surface area contributed by atoms with E-state index in [2.05, 4.69) is 0 Å². The number of hydrogen-bond acceptors (Lipinski definition) is 9. The van der Waals surface area contributed by atoms with E-state index in [9.17, 15) is 9.59 Å². The van der Waals surface area contributed by atoms with E-state index in [1.807, 2.05) is 30.3 Å². The molecular weight excluding hydrogens is 626 g/mol. The molecule has 2 aliphatic rings. The number of allylic oxidation sites excluding steroid dienone is 2. The van der Waals surface area contributed by atoms with Crippen molar-refractivity contribution in [3.8, 4) is 40.2 Å². The van der Waals surface area contributed by atoms with Crippen LogP contribution in [0, 0.1) is 0 Å². The number of Topliss-reactive ketones (excluding diaryl/α,β-unsaturated/α-hetero) is 1. The number of benzene rings is 4. The molecule has 0 aromatic heterocycles. The molecule has 0 unspecified atom stereocenters. The van der Waals surface area contributed by atoms with Crippen molar-refractivity contribution in [3.63, 3.8) is 0 Å². The first-order chi connectivity index (χ1) is 23.8. The van der Waals surface area contributed by atoms with Crippen molar-refractivity contribution >= 4 is 28.4 Å². The number of fused-ring (bicyclic) bond motifs is 3. The Labute approximate surface area is 285 Å². The fraction of sp³-hybridized carbons (Fsp3) is 0.231. The van der Waals surface area contributed by atoms with Crippen LogP contribution in [0.3, 0.4) is 0 Å². The summed E-state index contributed by atoms with van der Waals surface area (Å²) in [7, 11) is 10.9. The lowest BCUT2D eigenvalue weighted by Crippen LogP contribution is -2.30. The van der Waals surface area contributed by atoms with Gasteiger partial charge in [0.15, 0.2) is 40.3 Å². The maximum absolute atomic E-state index is 14.9. The lowest BCUT2D eigenvalue weighted by atomic mass is 9.80. The van der Waals surface area contributed by atoms with Crippen molar-refractivity contribution in [2.75, 3.05) is 56.3 Å². The van der Waals surface area contributed by atoms with E-state index in [0.717, 1.165) is 11.3 Å². The van der Waals surface area contributed by atoms with E-state index in [4.69, 9.17) is 33.2 Å². The van der Waals surface area contributed by atoms with Gasteiger partial charge in [-0.1, -0.05) is 24.3 Å². The third-order valence-electron chi connectivity index (χ3n) is 8.84. The molecule has 0 radical (unpaired) electrons. The molecule has 252 valence electrons. The van der Waals surface area contributed by atoms with Crippen LogP contribution in [0.5, 0.6) is 40.2 Å². The van der Waals surface area contributed by atoms with Gasteiger partial charge in [-0.15, -0.1) is 0 Å². The number of carbonyl (C=O) groups excluding carboxylic acids is 2.